The van der Waals surface area contributed by atoms with Crippen LogP contribution >= 0.6 is 0 Å². The van der Waals surface area contributed by atoms with E-state index >= 15 is 0 Å². The molecule has 0 spiro atoms. The molecular formula is C58H44N2O4. The molecule has 0 unspecified atom stereocenters. The minimum Gasteiger partial charge on any atom is -0.462 e. The maximum absolute atomic E-state index is 14.1. The van der Waals surface area contributed by atoms with Crippen LogP contribution in [0.5, 0.6) is 0 Å². The number of nitrogens with zero attached hydrogens (tertiary/aromatic N) is 2. The van der Waals surface area contributed by atoms with Crippen molar-refractivity contribution >= 4 is 11.9 Å². The fourth-order valence-electron chi connectivity index (χ4n) is 8.03. The molecule has 0 atom stereocenters. The lowest BCUT2D eigenvalue weighted by molar-refractivity contribution is 0.0518. The molecule has 2 heterocycles. The van der Waals surface area contributed by atoms with Gasteiger partial charge in [0.1, 0.15) is 0 Å². The van der Waals surface area contributed by atoms with Crippen LogP contribution in [0, 0.1) is 0 Å². The summed E-state index contributed by atoms with van der Waals surface area (Å²) in [4.78, 5) is 38.5. The largest absolute Gasteiger partial charge is 0.462 e. The summed E-state index contributed by atoms with van der Waals surface area (Å²) in [5.74, 6) is -0.930. The van der Waals surface area contributed by atoms with Crippen molar-refractivity contribution < 1.29 is 19.1 Å². The highest BCUT2D eigenvalue weighted by molar-refractivity contribution is 6.06. The van der Waals surface area contributed by atoms with Crippen LogP contribution in [0.2, 0.25) is 0 Å². The van der Waals surface area contributed by atoms with Crippen molar-refractivity contribution in [1.82, 2.24) is 9.97 Å². The highest BCUT2D eigenvalue weighted by Gasteiger charge is 2.26. The van der Waals surface area contributed by atoms with Gasteiger partial charge in [-0.3, -0.25) is 0 Å². The number of benzene rings is 7. The van der Waals surface area contributed by atoms with Gasteiger partial charge in [0.15, 0.2) is 0 Å². The Labute approximate surface area is 373 Å². The van der Waals surface area contributed by atoms with E-state index in [1.165, 1.54) is 0 Å². The van der Waals surface area contributed by atoms with Crippen LogP contribution < -0.4 is 0 Å². The van der Waals surface area contributed by atoms with Crippen LogP contribution in [0.15, 0.2) is 206 Å². The lowest BCUT2D eigenvalue weighted by atomic mass is 9.90. The van der Waals surface area contributed by atoms with E-state index in [4.69, 9.17) is 19.4 Å². The molecule has 0 saturated heterocycles. The van der Waals surface area contributed by atoms with E-state index in [1.54, 1.807) is 13.8 Å². The van der Waals surface area contributed by atoms with Crippen molar-refractivity contribution in [3.63, 3.8) is 0 Å². The number of ether oxygens (including phenoxy) is 2. The molecule has 0 fully saturated rings. The first-order valence-electron chi connectivity index (χ1n) is 21.5. The predicted molar refractivity (Wildman–Crippen MR) is 257 cm³/mol. The summed E-state index contributed by atoms with van der Waals surface area (Å²) in [7, 11) is 0. The summed E-state index contributed by atoms with van der Waals surface area (Å²) in [6.07, 6.45) is 0. The van der Waals surface area contributed by atoms with Crippen LogP contribution in [0.25, 0.3) is 89.5 Å². The molecule has 0 aliphatic carbocycles. The van der Waals surface area contributed by atoms with Gasteiger partial charge < -0.3 is 9.47 Å². The lowest BCUT2D eigenvalue weighted by Crippen LogP contribution is -2.11. The smallest absolute Gasteiger partial charge is 0.340 e. The molecule has 64 heavy (non-hydrogen) atoms. The number of aromatic nitrogens is 2. The second-order valence-electron chi connectivity index (χ2n) is 15.2. The lowest BCUT2D eigenvalue weighted by Gasteiger charge is -2.18. The van der Waals surface area contributed by atoms with Crippen molar-refractivity contribution in [2.45, 2.75) is 13.8 Å². The number of pyridine rings is 2. The van der Waals surface area contributed by atoms with Crippen molar-refractivity contribution in [2.75, 3.05) is 13.2 Å². The maximum Gasteiger partial charge on any atom is 0.340 e. The Balaban J connectivity index is 1.21. The Morgan fingerprint density at radius 1 is 0.344 bits per heavy atom. The fraction of sp³-hybridized carbons (Fsp3) is 0.0690. The van der Waals surface area contributed by atoms with E-state index in [-0.39, 0.29) is 13.2 Å². The molecule has 2 aromatic heterocycles. The van der Waals surface area contributed by atoms with Gasteiger partial charge in [-0.25, -0.2) is 19.6 Å². The number of carbonyl (C=O) groups is 2. The van der Waals surface area contributed by atoms with Crippen LogP contribution in [-0.4, -0.2) is 35.1 Å². The normalized spacial score (nSPS) is 10.9. The fourth-order valence-corrected chi connectivity index (χ4v) is 8.03. The van der Waals surface area contributed by atoms with Gasteiger partial charge in [0.05, 0.1) is 47.1 Å². The molecule has 0 bridgehead atoms. The Kier molecular flexibility index (Phi) is 12.1. The van der Waals surface area contributed by atoms with Crippen LogP contribution in [-0.2, 0) is 9.47 Å². The maximum atomic E-state index is 14.1. The summed E-state index contributed by atoms with van der Waals surface area (Å²) in [5, 5.41) is 0. The van der Waals surface area contributed by atoms with Gasteiger partial charge >= 0.3 is 11.9 Å². The molecule has 0 aliphatic rings. The standard InChI is InChI=1S/C58H44N2O4/c1-3-63-57(61)53-49(37-51(59-55(53)47-21-13-7-14-22-47)45-33-25-41(26-34-45)39-17-9-5-10-18-39)43-29-31-44(32-30-43)50-38-52(46-35-27-42(28-36-46)40-19-11-6-12-20-40)60-56(48-23-15-8-16-24-48)54(50)58(62)64-4-2/h5-38H,3-4H2,1-2H3. The zero-order valence-corrected chi connectivity index (χ0v) is 35.6. The van der Waals surface area contributed by atoms with Gasteiger partial charge in [0.2, 0.25) is 0 Å². The second-order valence-corrected chi connectivity index (χ2v) is 15.2. The van der Waals surface area contributed by atoms with Gasteiger partial charge in [-0.15, -0.1) is 0 Å². The molecule has 6 nitrogen and oxygen atoms in total. The van der Waals surface area contributed by atoms with Crippen LogP contribution in [0.3, 0.4) is 0 Å². The molecule has 0 saturated carbocycles. The average Bonchev–Trinajstić information content (AvgIpc) is 3.37. The van der Waals surface area contributed by atoms with E-state index in [0.29, 0.717) is 45.0 Å². The van der Waals surface area contributed by atoms with Crippen molar-refractivity contribution in [2.24, 2.45) is 0 Å². The predicted octanol–water partition coefficient (Wildman–Crippen LogP) is 14.2. The molecule has 6 heteroatoms. The molecular weight excluding hydrogens is 789 g/mol. The van der Waals surface area contributed by atoms with E-state index in [0.717, 1.165) is 55.6 Å². The monoisotopic (exact) mass is 832 g/mol. The van der Waals surface area contributed by atoms with Crippen molar-refractivity contribution in [3.05, 3.63) is 217 Å². The van der Waals surface area contributed by atoms with Crippen LogP contribution in [0.1, 0.15) is 34.6 Å². The zero-order valence-electron chi connectivity index (χ0n) is 35.6. The van der Waals surface area contributed by atoms with Gasteiger partial charge in [-0.2, -0.15) is 0 Å². The van der Waals surface area contributed by atoms with Crippen molar-refractivity contribution in [1.29, 1.82) is 0 Å². The molecule has 9 rings (SSSR count). The van der Waals surface area contributed by atoms with Gasteiger partial charge in [-0.05, 0) is 59.4 Å². The van der Waals surface area contributed by atoms with E-state index in [1.807, 2.05) is 133 Å². The topological polar surface area (TPSA) is 78.4 Å². The quantitative estimate of drug-likeness (QED) is 0.114. The first kappa shape index (κ1) is 41.1. The Bertz CT molecular complexity index is 2830. The third-order valence-electron chi connectivity index (χ3n) is 11.2. The summed E-state index contributed by atoms with van der Waals surface area (Å²) < 4.78 is 11.5. The average molecular weight is 833 g/mol. The number of esters is 2. The molecule has 0 radical (unpaired) electrons. The van der Waals surface area contributed by atoms with Gasteiger partial charge in [-0.1, -0.05) is 194 Å². The number of rotatable bonds is 12. The van der Waals surface area contributed by atoms with Crippen molar-refractivity contribution in [3.8, 4) is 89.5 Å². The molecule has 9 aromatic rings. The minimum absolute atomic E-state index is 0.202. The summed E-state index contributed by atoms with van der Waals surface area (Å²) in [6, 6.07) is 68.4. The third-order valence-corrected chi connectivity index (χ3v) is 11.2. The molecule has 310 valence electrons. The molecule has 0 aliphatic heterocycles. The number of hydrogen-bond donors (Lipinski definition) is 0. The third kappa shape index (κ3) is 8.63. The summed E-state index contributed by atoms with van der Waals surface area (Å²) in [6.45, 7) is 4.01. The van der Waals surface area contributed by atoms with E-state index in [9.17, 15) is 9.59 Å². The number of carbonyl (C=O) groups excluding carboxylic acids is 2. The summed E-state index contributed by atoms with van der Waals surface area (Å²) in [5.41, 5.74) is 13.9. The van der Waals surface area contributed by atoms with E-state index in [2.05, 4.69) is 72.8 Å². The zero-order chi connectivity index (χ0) is 43.8. The minimum atomic E-state index is -0.465. The number of hydrogen-bond acceptors (Lipinski definition) is 6. The van der Waals surface area contributed by atoms with Gasteiger partial charge in [0.25, 0.3) is 0 Å². The second kappa shape index (κ2) is 18.8. The first-order chi connectivity index (χ1) is 31.5. The highest BCUT2D eigenvalue weighted by atomic mass is 16.5. The van der Waals surface area contributed by atoms with Crippen LogP contribution in [0.4, 0.5) is 0 Å². The van der Waals surface area contributed by atoms with E-state index < -0.39 is 11.9 Å². The molecule has 7 aromatic carbocycles. The SMILES string of the molecule is CCOC(=O)c1c(-c2ccc(-c3cc(-c4ccc(-c5ccccc5)cc4)nc(-c4ccccc4)c3C(=O)OCC)cc2)cc(-c2ccc(-c3ccccc3)cc2)nc1-c1ccccc1. The Morgan fingerprint density at radius 2 is 0.609 bits per heavy atom. The molecule has 0 amide bonds. The Hall–Kier alpha value is -8.22. The van der Waals surface area contributed by atoms with Gasteiger partial charge in [0, 0.05) is 33.4 Å². The Morgan fingerprint density at radius 3 is 0.922 bits per heavy atom. The highest BCUT2D eigenvalue weighted by Crippen LogP contribution is 2.40. The summed E-state index contributed by atoms with van der Waals surface area (Å²) >= 11 is 0. The molecule has 0 N–H and O–H groups in total. The first-order valence-corrected chi connectivity index (χ1v) is 21.5.